The van der Waals surface area contributed by atoms with Gasteiger partial charge < -0.3 is 10.6 Å². The lowest BCUT2D eigenvalue weighted by Crippen LogP contribution is -2.20. The summed E-state index contributed by atoms with van der Waals surface area (Å²) in [5, 5.41) is 7.21. The number of pyridine rings is 1. The third-order valence-electron chi connectivity index (χ3n) is 4.12. The van der Waals surface area contributed by atoms with Crippen LogP contribution in [0.4, 0.5) is 11.6 Å². The number of rotatable bonds is 4. The van der Waals surface area contributed by atoms with Crippen LogP contribution < -0.4 is 10.6 Å². The van der Waals surface area contributed by atoms with Gasteiger partial charge in [0.1, 0.15) is 0 Å². The highest BCUT2D eigenvalue weighted by atomic mass is 79.9. The molecule has 0 bridgehead atoms. The van der Waals surface area contributed by atoms with E-state index >= 15 is 0 Å². The molecule has 30 heavy (non-hydrogen) atoms. The average Bonchev–Trinajstić information content (AvgIpc) is 2.76. The van der Waals surface area contributed by atoms with E-state index in [1.165, 1.54) is 0 Å². The van der Waals surface area contributed by atoms with Gasteiger partial charge in [0.2, 0.25) is 5.95 Å². The number of nitrogens with zero attached hydrogens (tertiary/aromatic N) is 3. The third kappa shape index (κ3) is 5.18. The van der Waals surface area contributed by atoms with E-state index in [2.05, 4.69) is 41.5 Å². The zero-order valence-corrected chi connectivity index (χ0v) is 18.7. The summed E-state index contributed by atoms with van der Waals surface area (Å²) < 4.78 is 0.870. The maximum absolute atomic E-state index is 5.94. The molecule has 2 heterocycles. The van der Waals surface area contributed by atoms with E-state index < -0.39 is 0 Å². The minimum Gasteiger partial charge on any atom is -0.332 e. The lowest BCUT2D eigenvalue weighted by molar-refractivity contribution is 1.18. The van der Waals surface area contributed by atoms with Crippen molar-refractivity contribution in [3.63, 3.8) is 0 Å². The van der Waals surface area contributed by atoms with Crippen LogP contribution in [0.2, 0.25) is 5.02 Å². The number of hydrogen-bond acceptors (Lipinski definition) is 4. The number of nitrogens with one attached hydrogen (secondary N) is 2. The molecule has 0 aliphatic heterocycles. The molecule has 0 amide bonds. The summed E-state index contributed by atoms with van der Waals surface area (Å²) in [5.41, 5.74) is 4.16. The number of aromatic nitrogens is 3. The maximum Gasteiger partial charge on any atom is 0.230 e. The summed E-state index contributed by atoms with van der Waals surface area (Å²) in [6.45, 7) is 0. The van der Waals surface area contributed by atoms with Crippen LogP contribution in [-0.2, 0) is 0 Å². The number of anilines is 2. The number of benzene rings is 2. The molecule has 0 radical (unpaired) electrons. The molecule has 0 unspecified atom stereocenters. The van der Waals surface area contributed by atoms with Gasteiger partial charge in [-0.15, -0.1) is 0 Å². The molecule has 4 aromatic rings. The largest absolute Gasteiger partial charge is 0.332 e. The zero-order chi connectivity index (χ0) is 20.9. The van der Waals surface area contributed by atoms with Crippen LogP contribution in [0.1, 0.15) is 0 Å². The lowest BCUT2D eigenvalue weighted by Gasteiger charge is -2.12. The average molecular weight is 497 g/mol. The Hall–Kier alpha value is -2.87. The second-order valence-corrected chi connectivity index (χ2v) is 8.07. The van der Waals surface area contributed by atoms with Crippen molar-refractivity contribution in [1.29, 1.82) is 0 Å². The summed E-state index contributed by atoms with van der Waals surface area (Å²) in [4.78, 5) is 13.5. The maximum atomic E-state index is 5.94. The highest BCUT2D eigenvalue weighted by Gasteiger charge is 2.11. The standard InChI is InChI=1S/C22H15BrClN5S/c23-16-10-15(12-25-13-16)20-11-19(14-4-2-1-3-5-14)27-21(28-20)29-22(30)26-18-8-6-17(24)7-9-18/h1-13H,(H2,26,27,28,29,30). The molecule has 2 aromatic heterocycles. The topological polar surface area (TPSA) is 62.7 Å². The van der Waals surface area contributed by atoms with Gasteiger partial charge in [-0.2, -0.15) is 0 Å². The molecule has 4 rings (SSSR count). The summed E-state index contributed by atoms with van der Waals surface area (Å²) >= 11 is 14.8. The van der Waals surface area contributed by atoms with Gasteiger partial charge in [-0.3, -0.25) is 4.98 Å². The first kappa shape index (κ1) is 20.4. The van der Waals surface area contributed by atoms with Gasteiger partial charge in [0.15, 0.2) is 5.11 Å². The van der Waals surface area contributed by atoms with Gasteiger partial charge in [-0.05, 0) is 64.5 Å². The Kier molecular flexibility index (Phi) is 6.32. The zero-order valence-electron chi connectivity index (χ0n) is 15.5. The Morgan fingerprint density at radius 2 is 1.53 bits per heavy atom. The molecule has 0 aliphatic rings. The van der Waals surface area contributed by atoms with Crippen molar-refractivity contribution >= 4 is 56.5 Å². The third-order valence-corrected chi connectivity index (χ3v) is 5.01. The highest BCUT2D eigenvalue weighted by molar-refractivity contribution is 9.10. The van der Waals surface area contributed by atoms with Crippen LogP contribution in [0, 0.1) is 0 Å². The Morgan fingerprint density at radius 3 is 2.23 bits per heavy atom. The van der Waals surface area contributed by atoms with Crippen LogP contribution in [0.5, 0.6) is 0 Å². The van der Waals surface area contributed by atoms with Crippen molar-refractivity contribution in [1.82, 2.24) is 15.0 Å². The quantitative estimate of drug-likeness (QED) is 0.317. The fourth-order valence-corrected chi connectivity index (χ4v) is 3.46. The van der Waals surface area contributed by atoms with Gasteiger partial charge in [-0.25, -0.2) is 9.97 Å². The summed E-state index contributed by atoms with van der Waals surface area (Å²) in [6.07, 6.45) is 3.49. The van der Waals surface area contributed by atoms with Crippen molar-refractivity contribution in [2.45, 2.75) is 0 Å². The van der Waals surface area contributed by atoms with Gasteiger partial charge >= 0.3 is 0 Å². The van der Waals surface area contributed by atoms with E-state index in [0.29, 0.717) is 16.1 Å². The van der Waals surface area contributed by atoms with E-state index in [-0.39, 0.29) is 0 Å². The molecular formula is C22H15BrClN5S. The van der Waals surface area contributed by atoms with Crippen molar-refractivity contribution in [2.75, 3.05) is 10.6 Å². The molecule has 0 aliphatic carbocycles. The second kappa shape index (κ2) is 9.30. The number of hydrogen-bond donors (Lipinski definition) is 2. The van der Waals surface area contributed by atoms with Crippen molar-refractivity contribution in [2.24, 2.45) is 0 Å². The molecule has 5 nitrogen and oxygen atoms in total. The molecule has 148 valence electrons. The SMILES string of the molecule is S=C(Nc1ccc(Cl)cc1)Nc1nc(-c2ccccc2)cc(-c2cncc(Br)c2)n1. The minimum absolute atomic E-state index is 0.376. The van der Waals surface area contributed by atoms with Crippen LogP contribution in [0.3, 0.4) is 0 Å². The predicted molar refractivity (Wildman–Crippen MR) is 130 cm³/mol. The first-order chi connectivity index (χ1) is 14.6. The molecular weight excluding hydrogens is 482 g/mol. The number of halogens is 2. The molecule has 0 saturated heterocycles. The molecule has 2 N–H and O–H groups in total. The fraction of sp³-hybridized carbons (Fsp3) is 0. The Bertz CT molecular complexity index is 1190. The van der Waals surface area contributed by atoms with Gasteiger partial charge in [0, 0.05) is 38.7 Å². The van der Waals surface area contributed by atoms with Gasteiger partial charge in [0.25, 0.3) is 0 Å². The Balaban J connectivity index is 1.66. The number of thiocarbonyl (C=S) groups is 1. The smallest absolute Gasteiger partial charge is 0.230 e. The molecule has 0 spiro atoms. The van der Waals surface area contributed by atoms with E-state index in [0.717, 1.165) is 32.7 Å². The first-order valence-corrected chi connectivity index (χ1v) is 10.5. The molecule has 0 fully saturated rings. The molecule has 0 atom stereocenters. The van der Waals surface area contributed by atoms with E-state index in [1.807, 2.05) is 54.6 Å². The predicted octanol–water partition coefficient (Wildman–Crippen LogP) is 6.43. The van der Waals surface area contributed by atoms with Crippen LogP contribution in [0.25, 0.3) is 22.5 Å². The first-order valence-electron chi connectivity index (χ1n) is 8.96. The second-order valence-electron chi connectivity index (χ2n) is 6.31. The van der Waals surface area contributed by atoms with Gasteiger partial charge in [0.05, 0.1) is 11.4 Å². The summed E-state index contributed by atoms with van der Waals surface area (Å²) in [5.74, 6) is 0.387. The summed E-state index contributed by atoms with van der Waals surface area (Å²) in [7, 11) is 0. The van der Waals surface area contributed by atoms with Crippen LogP contribution in [0.15, 0.2) is 83.6 Å². The van der Waals surface area contributed by atoms with E-state index in [4.69, 9.17) is 23.8 Å². The van der Waals surface area contributed by atoms with Crippen molar-refractivity contribution < 1.29 is 0 Å². The Labute approximate surface area is 192 Å². The van der Waals surface area contributed by atoms with E-state index in [9.17, 15) is 0 Å². The lowest BCUT2D eigenvalue weighted by atomic mass is 10.1. The Morgan fingerprint density at radius 1 is 0.833 bits per heavy atom. The molecule has 0 saturated carbocycles. The normalized spacial score (nSPS) is 10.5. The molecule has 2 aromatic carbocycles. The monoisotopic (exact) mass is 495 g/mol. The van der Waals surface area contributed by atoms with Gasteiger partial charge in [-0.1, -0.05) is 41.9 Å². The fourth-order valence-electron chi connectivity index (χ4n) is 2.76. The van der Waals surface area contributed by atoms with Crippen molar-refractivity contribution in [3.8, 4) is 22.5 Å². The molecule has 8 heteroatoms. The van der Waals surface area contributed by atoms with Crippen molar-refractivity contribution in [3.05, 3.63) is 88.6 Å². The van der Waals surface area contributed by atoms with Crippen LogP contribution >= 0.6 is 39.7 Å². The highest BCUT2D eigenvalue weighted by Crippen LogP contribution is 2.26. The van der Waals surface area contributed by atoms with E-state index in [1.54, 1.807) is 24.5 Å². The summed E-state index contributed by atoms with van der Waals surface area (Å²) in [6, 6.07) is 21.1. The van der Waals surface area contributed by atoms with Crippen LogP contribution in [-0.4, -0.2) is 20.1 Å². The minimum atomic E-state index is 0.376.